The van der Waals surface area contributed by atoms with E-state index >= 15 is 0 Å². The lowest BCUT2D eigenvalue weighted by Gasteiger charge is -2.23. The van der Waals surface area contributed by atoms with Crippen LogP contribution in [0.1, 0.15) is 32.3 Å². The molecule has 7 heteroatoms. The maximum Gasteiger partial charge on any atom is 0.166 e. The summed E-state index contributed by atoms with van der Waals surface area (Å²) >= 11 is 12.3. The lowest BCUT2D eigenvalue weighted by Crippen LogP contribution is -2.19. The van der Waals surface area contributed by atoms with Gasteiger partial charge < -0.3 is 10.5 Å². The highest BCUT2D eigenvalue weighted by Gasteiger charge is 2.26. The molecule has 0 fully saturated rings. The van der Waals surface area contributed by atoms with E-state index in [0.717, 1.165) is 11.1 Å². The van der Waals surface area contributed by atoms with Crippen LogP contribution >= 0.6 is 23.2 Å². The minimum absolute atomic E-state index is 0.0127. The van der Waals surface area contributed by atoms with Crippen LogP contribution in [-0.2, 0) is 0 Å². The van der Waals surface area contributed by atoms with Crippen LogP contribution in [0.4, 0.5) is 10.2 Å². The Hall–Kier alpha value is -1.85. The fraction of sp³-hybridized carbons (Fsp3) is 0.333. The monoisotopic (exact) mass is 383 g/mol. The SMILES string of the molecule is C/C=C(\C=NC)c1cnc(N)c(OC(C)C2=C(Cl)CCC(F)=C2Cl)c1. The van der Waals surface area contributed by atoms with Crippen LogP contribution in [0.3, 0.4) is 0 Å². The van der Waals surface area contributed by atoms with Crippen molar-refractivity contribution in [3.8, 4) is 5.75 Å². The molecule has 1 heterocycles. The zero-order valence-corrected chi connectivity index (χ0v) is 15.8. The normalized spacial score (nSPS) is 17.4. The molecule has 1 atom stereocenters. The second-order valence-electron chi connectivity index (χ2n) is 5.54. The van der Waals surface area contributed by atoms with Crippen molar-refractivity contribution >= 4 is 40.8 Å². The number of hydrogen-bond acceptors (Lipinski definition) is 4. The van der Waals surface area contributed by atoms with E-state index in [1.165, 1.54) is 0 Å². The van der Waals surface area contributed by atoms with Gasteiger partial charge in [0.05, 0.1) is 5.03 Å². The number of nitrogen functional groups attached to an aromatic ring is 1. The Balaban J connectivity index is 2.34. The van der Waals surface area contributed by atoms with E-state index in [1.807, 2.05) is 13.0 Å². The summed E-state index contributed by atoms with van der Waals surface area (Å²) in [6, 6.07) is 1.76. The molecular weight excluding hydrogens is 364 g/mol. The second kappa shape index (κ2) is 8.50. The van der Waals surface area contributed by atoms with Crippen molar-refractivity contribution in [2.75, 3.05) is 12.8 Å². The van der Waals surface area contributed by atoms with Crippen molar-refractivity contribution in [1.82, 2.24) is 4.98 Å². The van der Waals surface area contributed by atoms with Crippen LogP contribution in [0.15, 0.2) is 44.8 Å². The number of nitrogens with zero attached hydrogens (tertiary/aromatic N) is 2. The molecule has 1 unspecified atom stereocenters. The van der Waals surface area contributed by atoms with Gasteiger partial charge in [-0.25, -0.2) is 9.37 Å². The van der Waals surface area contributed by atoms with Gasteiger partial charge >= 0.3 is 0 Å². The Morgan fingerprint density at radius 3 is 2.80 bits per heavy atom. The van der Waals surface area contributed by atoms with Gasteiger partial charge in [0, 0.05) is 42.0 Å². The van der Waals surface area contributed by atoms with E-state index in [4.69, 9.17) is 33.7 Å². The largest absolute Gasteiger partial charge is 0.482 e. The third-order valence-corrected chi connectivity index (χ3v) is 4.64. The summed E-state index contributed by atoms with van der Waals surface area (Å²) in [4.78, 5) is 8.18. The first-order valence-electron chi connectivity index (χ1n) is 7.83. The van der Waals surface area contributed by atoms with E-state index in [-0.39, 0.29) is 23.1 Å². The molecule has 0 spiro atoms. The van der Waals surface area contributed by atoms with Gasteiger partial charge in [-0.15, -0.1) is 0 Å². The predicted octanol–water partition coefficient (Wildman–Crippen LogP) is 5.24. The molecule has 1 aliphatic rings. The molecule has 25 heavy (non-hydrogen) atoms. The summed E-state index contributed by atoms with van der Waals surface area (Å²) in [5.41, 5.74) is 8.05. The molecule has 2 N–H and O–H groups in total. The van der Waals surface area contributed by atoms with Gasteiger partial charge in [0.25, 0.3) is 0 Å². The van der Waals surface area contributed by atoms with Crippen LogP contribution in [-0.4, -0.2) is 24.4 Å². The van der Waals surface area contributed by atoms with Gasteiger partial charge in [0.1, 0.15) is 11.9 Å². The highest BCUT2D eigenvalue weighted by Crippen LogP contribution is 2.38. The number of rotatable bonds is 5. The van der Waals surface area contributed by atoms with Crippen molar-refractivity contribution in [2.24, 2.45) is 4.99 Å². The molecule has 2 rings (SSSR count). The lowest BCUT2D eigenvalue weighted by molar-refractivity contribution is 0.259. The van der Waals surface area contributed by atoms with Crippen LogP contribution in [0.5, 0.6) is 5.75 Å². The summed E-state index contributed by atoms with van der Waals surface area (Å²) in [6.45, 7) is 3.64. The molecule has 1 aromatic rings. The molecule has 0 aromatic carbocycles. The maximum absolute atomic E-state index is 13.8. The quantitative estimate of drug-likeness (QED) is 0.706. The van der Waals surface area contributed by atoms with E-state index in [1.54, 1.807) is 32.4 Å². The Labute approximate surface area is 156 Å². The first kappa shape index (κ1) is 19.5. The van der Waals surface area contributed by atoms with Crippen LogP contribution < -0.4 is 10.5 Å². The number of allylic oxidation sites excluding steroid dienone is 4. The lowest BCUT2D eigenvalue weighted by atomic mass is 10.0. The number of hydrogen-bond donors (Lipinski definition) is 1. The van der Waals surface area contributed by atoms with E-state index in [9.17, 15) is 4.39 Å². The number of nitrogens with two attached hydrogens (primary N) is 1. The zero-order valence-electron chi connectivity index (χ0n) is 14.3. The Kier molecular flexibility index (Phi) is 6.62. The van der Waals surface area contributed by atoms with Gasteiger partial charge in [-0.1, -0.05) is 29.3 Å². The first-order valence-corrected chi connectivity index (χ1v) is 8.58. The third kappa shape index (κ3) is 4.41. The van der Waals surface area contributed by atoms with Crippen LogP contribution in [0, 0.1) is 0 Å². The summed E-state index contributed by atoms with van der Waals surface area (Å²) in [7, 11) is 1.69. The predicted molar refractivity (Wildman–Crippen MR) is 103 cm³/mol. The van der Waals surface area contributed by atoms with Crippen molar-refractivity contribution in [3.05, 3.63) is 45.4 Å². The van der Waals surface area contributed by atoms with Crippen LogP contribution in [0.25, 0.3) is 5.57 Å². The summed E-state index contributed by atoms with van der Waals surface area (Å²) in [5.74, 6) is 0.223. The molecule has 4 nitrogen and oxygen atoms in total. The Morgan fingerprint density at radius 2 is 2.16 bits per heavy atom. The average Bonchev–Trinajstić information content (AvgIpc) is 2.58. The number of ether oxygens (including phenoxy) is 1. The van der Waals surface area contributed by atoms with Gasteiger partial charge in [-0.05, 0) is 31.9 Å². The second-order valence-corrected chi connectivity index (χ2v) is 6.37. The summed E-state index contributed by atoms with van der Waals surface area (Å²) in [5, 5.41) is 0.507. The number of pyridine rings is 1. The number of aliphatic imine (C=N–C) groups is 1. The van der Waals surface area contributed by atoms with Crippen molar-refractivity contribution < 1.29 is 9.13 Å². The zero-order chi connectivity index (χ0) is 18.6. The topological polar surface area (TPSA) is 60.5 Å². The molecule has 0 amide bonds. The molecule has 0 saturated heterocycles. The maximum atomic E-state index is 13.8. The average molecular weight is 384 g/mol. The highest BCUT2D eigenvalue weighted by atomic mass is 35.5. The molecule has 0 aliphatic heterocycles. The van der Waals surface area contributed by atoms with Crippen molar-refractivity contribution in [3.63, 3.8) is 0 Å². The molecule has 0 radical (unpaired) electrons. The first-order chi connectivity index (χ1) is 11.9. The smallest absolute Gasteiger partial charge is 0.166 e. The molecule has 134 valence electrons. The fourth-order valence-corrected chi connectivity index (χ4v) is 3.29. The van der Waals surface area contributed by atoms with E-state index < -0.39 is 6.10 Å². The summed E-state index contributed by atoms with van der Waals surface area (Å²) < 4.78 is 19.7. The molecule has 1 aliphatic carbocycles. The standard InChI is InChI=1S/C18H20Cl2FN3O/c1-4-11(8-23-3)12-7-15(18(22)24-9-12)25-10(2)16-13(19)5-6-14(21)17(16)20/h4,7-10H,5-6H2,1-3H3,(H2,22,24)/b11-4+,23-8?. The van der Waals surface area contributed by atoms with Gasteiger partial charge in [0.2, 0.25) is 0 Å². The van der Waals surface area contributed by atoms with Crippen LogP contribution in [0.2, 0.25) is 0 Å². The number of halogens is 3. The molecular formula is C18H20Cl2FN3O. The number of aromatic nitrogens is 1. The molecule has 0 saturated carbocycles. The minimum atomic E-state index is -0.570. The van der Waals surface area contributed by atoms with E-state index in [0.29, 0.717) is 22.8 Å². The highest BCUT2D eigenvalue weighted by molar-refractivity contribution is 6.36. The van der Waals surface area contributed by atoms with E-state index in [2.05, 4.69) is 9.98 Å². The Morgan fingerprint density at radius 1 is 1.44 bits per heavy atom. The molecule has 1 aromatic heterocycles. The van der Waals surface area contributed by atoms with Crippen molar-refractivity contribution in [2.45, 2.75) is 32.8 Å². The third-order valence-electron chi connectivity index (χ3n) is 3.84. The summed E-state index contributed by atoms with van der Waals surface area (Å²) in [6.07, 6.45) is 5.30. The Bertz CT molecular complexity index is 785. The minimum Gasteiger partial charge on any atom is -0.482 e. The molecule has 0 bridgehead atoms. The number of anilines is 1. The van der Waals surface area contributed by atoms with Gasteiger partial charge in [-0.3, -0.25) is 4.99 Å². The fourth-order valence-electron chi connectivity index (χ4n) is 2.54. The van der Waals surface area contributed by atoms with Gasteiger partial charge in [0.15, 0.2) is 11.6 Å². The van der Waals surface area contributed by atoms with Crippen molar-refractivity contribution in [1.29, 1.82) is 0 Å². The van der Waals surface area contributed by atoms with Gasteiger partial charge in [-0.2, -0.15) is 0 Å².